The summed E-state index contributed by atoms with van der Waals surface area (Å²) in [6.07, 6.45) is 0. The lowest BCUT2D eigenvalue weighted by molar-refractivity contribution is -0.168. The second-order valence-electron chi connectivity index (χ2n) is 1.26. The monoisotopic (exact) mass is 149 g/mol. The van der Waals surface area contributed by atoms with Gasteiger partial charge in [0, 0.05) is 0 Å². The Balaban J connectivity index is 3.52. The van der Waals surface area contributed by atoms with E-state index in [1.54, 1.807) is 0 Å². The maximum absolute atomic E-state index is 10.2. The molecule has 0 fully saturated rings. The highest BCUT2D eigenvalue weighted by atomic mass is 16.7. The number of nitrogens with two attached hydrogens (primary N) is 1. The summed E-state index contributed by atoms with van der Waals surface area (Å²) in [4.78, 5) is 23.9. The van der Waals surface area contributed by atoms with Crippen LogP contribution in [0.5, 0.6) is 0 Å². The van der Waals surface area contributed by atoms with Gasteiger partial charge in [-0.05, 0) is 0 Å². The third-order valence-corrected chi connectivity index (χ3v) is 0.598. The van der Waals surface area contributed by atoms with Gasteiger partial charge in [-0.3, -0.25) is 0 Å². The van der Waals surface area contributed by atoms with E-state index < -0.39 is 11.9 Å². The fourth-order valence-corrected chi connectivity index (χ4v) is 0.245. The van der Waals surface area contributed by atoms with Crippen molar-refractivity contribution in [1.82, 2.24) is 0 Å². The first-order chi connectivity index (χ1) is 4.72. The van der Waals surface area contributed by atoms with E-state index in [0.29, 0.717) is 0 Å². The topological polar surface area (TPSA) is 98.9 Å². The van der Waals surface area contributed by atoms with Gasteiger partial charge in [0.05, 0.1) is 6.61 Å². The molecular formula is C4H7NO5. The van der Waals surface area contributed by atoms with Crippen molar-refractivity contribution < 1.29 is 24.3 Å². The molecule has 0 saturated carbocycles. The van der Waals surface area contributed by atoms with Crippen molar-refractivity contribution in [3.8, 4) is 0 Å². The highest BCUT2D eigenvalue weighted by molar-refractivity contribution is 6.29. The summed E-state index contributed by atoms with van der Waals surface area (Å²) < 4.78 is 4.10. The second kappa shape index (κ2) is 4.71. The highest BCUT2D eigenvalue weighted by Crippen LogP contribution is 1.79. The largest absolute Gasteiger partial charge is 0.455 e. The minimum absolute atomic E-state index is 0.242. The molecule has 0 rings (SSSR count). The first kappa shape index (κ1) is 8.86. The molecule has 3 N–H and O–H groups in total. The Morgan fingerprint density at radius 3 is 2.40 bits per heavy atom. The van der Waals surface area contributed by atoms with Crippen molar-refractivity contribution in [2.24, 2.45) is 5.90 Å². The standard InChI is InChI=1S/C4H7NO5/c5-10-4(8)3(7)9-2-1-6/h6H,1-2,5H2. The summed E-state index contributed by atoms with van der Waals surface area (Å²) >= 11 is 0. The molecule has 0 aromatic heterocycles. The number of hydrogen-bond acceptors (Lipinski definition) is 6. The molecular weight excluding hydrogens is 142 g/mol. The first-order valence-corrected chi connectivity index (χ1v) is 2.41. The summed E-state index contributed by atoms with van der Waals surface area (Å²) in [5.41, 5.74) is 0. The number of aliphatic hydroxyl groups excluding tert-OH is 1. The number of carbonyl (C=O) groups is 2. The molecule has 0 aromatic rings. The van der Waals surface area contributed by atoms with Gasteiger partial charge < -0.3 is 14.7 Å². The van der Waals surface area contributed by atoms with E-state index in [0.717, 1.165) is 0 Å². The minimum Gasteiger partial charge on any atom is -0.455 e. The smallest absolute Gasteiger partial charge is 0.435 e. The van der Waals surface area contributed by atoms with Gasteiger partial charge in [-0.15, -0.1) is 0 Å². The molecule has 0 saturated heterocycles. The van der Waals surface area contributed by atoms with Crippen molar-refractivity contribution in [1.29, 1.82) is 0 Å². The summed E-state index contributed by atoms with van der Waals surface area (Å²) in [5.74, 6) is 1.84. The molecule has 0 bridgehead atoms. The average molecular weight is 149 g/mol. The number of ether oxygens (including phenoxy) is 1. The van der Waals surface area contributed by atoms with Crippen LogP contribution in [0.3, 0.4) is 0 Å². The molecule has 6 heteroatoms. The van der Waals surface area contributed by atoms with Gasteiger partial charge in [0.1, 0.15) is 6.61 Å². The number of rotatable bonds is 2. The van der Waals surface area contributed by atoms with Gasteiger partial charge in [0.2, 0.25) is 0 Å². The summed E-state index contributed by atoms with van der Waals surface area (Å²) in [6.45, 7) is -0.586. The lowest BCUT2D eigenvalue weighted by Crippen LogP contribution is -2.24. The molecule has 0 radical (unpaired) electrons. The molecule has 10 heavy (non-hydrogen) atoms. The van der Waals surface area contributed by atoms with Gasteiger partial charge in [-0.1, -0.05) is 0 Å². The van der Waals surface area contributed by atoms with Crippen molar-refractivity contribution >= 4 is 11.9 Å². The summed E-state index contributed by atoms with van der Waals surface area (Å²) in [5, 5.41) is 8.11. The molecule has 0 atom stereocenters. The molecule has 0 aromatic carbocycles. The zero-order valence-corrected chi connectivity index (χ0v) is 5.07. The van der Waals surface area contributed by atoms with Crippen LogP contribution >= 0.6 is 0 Å². The second-order valence-corrected chi connectivity index (χ2v) is 1.26. The van der Waals surface area contributed by atoms with Crippen molar-refractivity contribution in [3.63, 3.8) is 0 Å². The SMILES string of the molecule is NOC(=O)C(=O)OCCO. The minimum atomic E-state index is -1.28. The Kier molecular flexibility index (Phi) is 4.17. The number of esters is 1. The molecule has 0 aliphatic rings. The predicted octanol–water partition coefficient (Wildman–Crippen LogP) is -2.06. The summed E-state index contributed by atoms with van der Waals surface area (Å²) in [7, 11) is 0. The van der Waals surface area contributed by atoms with E-state index in [4.69, 9.17) is 5.11 Å². The quantitative estimate of drug-likeness (QED) is 0.266. The van der Waals surface area contributed by atoms with Crippen LogP contribution < -0.4 is 5.90 Å². The molecule has 0 heterocycles. The lowest BCUT2D eigenvalue weighted by atomic mass is 10.7. The van der Waals surface area contributed by atoms with E-state index in [1.807, 2.05) is 0 Å². The van der Waals surface area contributed by atoms with E-state index in [9.17, 15) is 9.59 Å². The predicted molar refractivity (Wildman–Crippen MR) is 28.3 cm³/mol. The van der Waals surface area contributed by atoms with Gasteiger partial charge in [-0.25, -0.2) is 9.59 Å². The maximum Gasteiger partial charge on any atom is 0.435 e. The first-order valence-electron chi connectivity index (χ1n) is 2.41. The highest BCUT2D eigenvalue weighted by Gasteiger charge is 2.15. The molecule has 0 aliphatic heterocycles. The van der Waals surface area contributed by atoms with Crippen molar-refractivity contribution in [2.45, 2.75) is 0 Å². The molecule has 0 spiro atoms. The van der Waals surface area contributed by atoms with Crippen LogP contribution in [0.15, 0.2) is 0 Å². The van der Waals surface area contributed by atoms with E-state index >= 15 is 0 Å². The maximum atomic E-state index is 10.2. The Morgan fingerprint density at radius 2 is 2.00 bits per heavy atom. The van der Waals surface area contributed by atoms with E-state index in [2.05, 4.69) is 15.5 Å². The molecule has 0 aliphatic carbocycles. The fraction of sp³-hybridized carbons (Fsp3) is 0.500. The van der Waals surface area contributed by atoms with Gasteiger partial charge in [0.25, 0.3) is 0 Å². The number of aliphatic hydroxyl groups is 1. The van der Waals surface area contributed by atoms with Crippen molar-refractivity contribution in [2.75, 3.05) is 13.2 Å². The molecule has 0 amide bonds. The number of hydrogen-bond donors (Lipinski definition) is 2. The van der Waals surface area contributed by atoms with Crippen LogP contribution in [0.1, 0.15) is 0 Å². The van der Waals surface area contributed by atoms with Crippen LogP contribution in [0.4, 0.5) is 0 Å². The van der Waals surface area contributed by atoms with Crippen LogP contribution in [0, 0.1) is 0 Å². The van der Waals surface area contributed by atoms with Gasteiger partial charge in [0.15, 0.2) is 0 Å². The average Bonchev–Trinajstić information content (AvgIpc) is 1.98. The third kappa shape index (κ3) is 3.00. The fourth-order valence-electron chi connectivity index (χ4n) is 0.245. The van der Waals surface area contributed by atoms with Crippen molar-refractivity contribution in [3.05, 3.63) is 0 Å². The van der Waals surface area contributed by atoms with Crippen LogP contribution in [-0.4, -0.2) is 30.3 Å². The molecule has 0 unspecified atom stereocenters. The van der Waals surface area contributed by atoms with Crippen LogP contribution in [0.25, 0.3) is 0 Å². The van der Waals surface area contributed by atoms with E-state index in [-0.39, 0.29) is 13.2 Å². The van der Waals surface area contributed by atoms with Crippen LogP contribution in [0.2, 0.25) is 0 Å². The normalized spacial score (nSPS) is 8.60. The molecule has 58 valence electrons. The Morgan fingerprint density at radius 1 is 1.40 bits per heavy atom. The zero-order chi connectivity index (χ0) is 7.98. The molecule has 6 nitrogen and oxygen atoms in total. The third-order valence-electron chi connectivity index (χ3n) is 0.598. The Bertz CT molecular complexity index is 134. The summed E-state index contributed by atoms with van der Waals surface area (Å²) in [6, 6.07) is 0. The Hall–Kier alpha value is -1.14. The number of carbonyl (C=O) groups excluding carboxylic acids is 2. The zero-order valence-electron chi connectivity index (χ0n) is 5.07. The van der Waals surface area contributed by atoms with Gasteiger partial charge in [-0.2, -0.15) is 5.90 Å². The lowest BCUT2D eigenvalue weighted by Gasteiger charge is -1.97. The van der Waals surface area contributed by atoms with E-state index in [1.165, 1.54) is 0 Å². The van der Waals surface area contributed by atoms with Crippen LogP contribution in [-0.2, 0) is 19.2 Å². The Labute approximate surface area is 56.5 Å². The van der Waals surface area contributed by atoms with Gasteiger partial charge >= 0.3 is 11.9 Å².